The first kappa shape index (κ1) is 17.3. The number of nitrogens with one attached hydrogen (secondary N) is 2. The van der Waals surface area contributed by atoms with Crippen molar-refractivity contribution in [1.82, 2.24) is 9.97 Å². The fourth-order valence-corrected chi connectivity index (χ4v) is 2.28. The Balaban J connectivity index is 1.71. The highest BCUT2D eigenvalue weighted by atomic mass is 35.5. The second-order valence-electron chi connectivity index (χ2n) is 5.16. The van der Waals surface area contributed by atoms with Gasteiger partial charge in [0.25, 0.3) is 5.91 Å². The van der Waals surface area contributed by atoms with Gasteiger partial charge in [0.15, 0.2) is 0 Å². The molecule has 3 rings (SSSR count). The number of aromatic nitrogens is 2. The van der Waals surface area contributed by atoms with Crippen molar-refractivity contribution < 1.29 is 9.18 Å². The first-order valence-electron chi connectivity index (χ1n) is 7.41. The smallest absolute Gasteiger partial charge is 0.258 e. The van der Waals surface area contributed by atoms with Gasteiger partial charge in [-0.15, -0.1) is 0 Å². The Labute approximate surface area is 153 Å². The summed E-state index contributed by atoms with van der Waals surface area (Å²) in [6.07, 6.45) is 2.68. The van der Waals surface area contributed by atoms with E-state index in [1.165, 1.54) is 24.5 Å². The molecule has 0 atom stereocenters. The first-order chi connectivity index (χ1) is 12.6. The quantitative estimate of drug-likeness (QED) is 0.723. The van der Waals surface area contributed by atoms with Crippen molar-refractivity contribution in [3.05, 3.63) is 76.8 Å². The second kappa shape index (κ2) is 7.59. The van der Waals surface area contributed by atoms with E-state index in [1.807, 2.05) is 0 Å². The summed E-state index contributed by atoms with van der Waals surface area (Å²) in [5.41, 5.74) is 1.58. The standard InChI is InChI=1S/C18H11ClFN5O/c19-14-7-13(5-6-15(14)20)24-17(26)12-9-22-18(23-10-12)25-16-4-2-1-3-11(16)8-21/h1-7,9-10H,(H,24,26)(H,22,23,25). The number of amides is 1. The fraction of sp³-hybridized carbons (Fsp3) is 0. The van der Waals surface area contributed by atoms with E-state index in [1.54, 1.807) is 24.3 Å². The molecule has 26 heavy (non-hydrogen) atoms. The Bertz CT molecular complexity index is 1000. The molecule has 1 amide bonds. The van der Waals surface area contributed by atoms with Crippen LogP contribution in [0.3, 0.4) is 0 Å². The molecule has 1 heterocycles. The van der Waals surface area contributed by atoms with Crippen LogP contribution in [0.2, 0.25) is 5.02 Å². The summed E-state index contributed by atoms with van der Waals surface area (Å²) in [7, 11) is 0. The van der Waals surface area contributed by atoms with Gasteiger partial charge in [-0.1, -0.05) is 23.7 Å². The minimum atomic E-state index is -0.568. The van der Waals surface area contributed by atoms with Gasteiger partial charge < -0.3 is 10.6 Å². The Morgan fingerprint density at radius 1 is 1.15 bits per heavy atom. The van der Waals surface area contributed by atoms with Gasteiger partial charge in [0.2, 0.25) is 5.95 Å². The molecule has 0 radical (unpaired) electrons. The molecule has 0 aliphatic heterocycles. The molecule has 0 aliphatic carbocycles. The van der Waals surface area contributed by atoms with Gasteiger partial charge in [0.1, 0.15) is 11.9 Å². The number of nitriles is 1. The number of carbonyl (C=O) groups excluding carboxylic acids is 1. The number of rotatable bonds is 4. The van der Waals surface area contributed by atoms with Crippen molar-refractivity contribution in [2.75, 3.05) is 10.6 Å². The van der Waals surface area contributed by atoms with Crippen molar-refractivity contribution in [1.29, 1.82) is 5.26 Å². The first-order valence-corrected chi connectivity index (χ1v) is 7.79. The van der Waals surface area contributed by atoms with Crippen LogP contribution in [-0.4, -0.2) is 15.9 Å². The zero-order valence-corrected chi connectivity index (χ0v) is 14.0. The summed E-state index contributed by atoms with van der Waals surface area (Å²) in [5, 5.41) is 14.5. The molecule has 0 saturated heterocycles. The maximum absolute atomic E-state index is 13.1. The molecule has 0 unspecified atom stereocenters. The largest absolute Gasteiger partial charge is 0.323 e. The van der Waals surface area contributed by atoms with E-state index >= 15 is 0 Å². The van der Waals surface area contributed by atoms with Crippen molar-refractivity contribution >= 4 is 34.8 Å². The van der Waals surface area contributed by atoms with E-state index in [2.05, 4.69) is 26.7 Å². The Kier molecular flexibility index (Phi) is 5.06. The lowest BCUT2D eigenvalue weighted by molar-refractivity contribution is 0.102. The number of anilines is 3. The lowest BCUT2D eigenvalue weighted by Gasteiger charge is -2.08. The molecule has 0 fully saturated rings. The van der Waals surface area contributed by atoms with Crippen LogP contribution in [0.25, 0.3) is 0 Å². The molecule has 0 saturated carbocycles. The van der Waals surface area contributed by atoms with Crippen LogP contribution >= 0.6 is 11.6 Å². The van der Waals surface area contributed by atoms with E-state index in [9.17, 15) is 9.18 Å². The van der Waals surface area contributed by atoms with Gasteiger partial charge in [-0.25, -0.2) is 14.4 Å². The molecular weight excluding hydrogens is 357 g/mol. The molecule has 1 aromatic heterocycles. The van der Waals surface area contributed by atoms with Gasteiger partial charge in [-0.05, 0) is 30.3 Å². The molecule has 128 valence electrons. The molecule has 2 aromatic carbocycles. The second-order valence-corrected chi connectivity index (χ2v) is 5.57. The Morgan fingerprint density at radius 3 is 2.58 bits per heavy atom. The minimum absolute atomic E-state index is 0.0882. The average molecular weight is 368 g/mol. The zero-order chi connectivity index (χ0) is 18.5. The molecule has 8 heteroatoms. The molecule has 6 nitrogen and oxygen atoms in total. The van der Waals surface area contributed by atoms with Crippen LogP contribution in [0.1, 0.15) is 15.9 Å². The number of hydrogen-bond acceptors (Lipinski definition) is 5. The summed E-state index contributed by atoms with van der Waals surface area (Å²) in [6, 6.07) is 12.8. The van der Waals surface area contributed by atoms with Gasteiger partial charge in [-0.3, -0.25) is 4.79 Å². The molecule has 2 N–H and O–H groups in total. The van der Waals surface area contributed by atoms with E-state index < -0.39 is 11.7 Å². The van der Waals surface area contributed by atoms with Crippen LogP contribution in [0.4, 0.5) is 21.7 Å². The topological polar surface area (TPSA) is 90.7 Å². The van der Waals surface area contributed by atoms with Crippen molar-refractivity contribution in [3.8, 4) is 6.07 Å². The van der Waals surface area contributed by atoms with Crippen molar-refractivity contribution in [2.24, 2.45) is 0 Å². The van der Waals surface area contributed by atoms with Crippen LogP contribution in [0.15, 0.2) is 54.9 Å². The Hall–Kier alpha value is -3.50. The summed E-state index contributed by atoms with van der Waals surface area (Å²) in [6.45, 7) is 0. The monoisotopic (exact) mass is 367 g/mol. The number of nitrogens with zero attached hydrogens (tertiary/aromatic N) is 3. The number of carbonyl (C=O) groups is 1. The summed E-state index contributed by atoms with van der Waals surface area (Å²) in [4.78, 5) is 20.3. The SMILES string of the molecule is N#Cc1ccccc1Nc1ncc(C(=O)Nc2ccc(F)c(Cl)c2)cn1. The van der Waals surface area contributed by atoms with Gasteiger partial charge in [0, 0.05) is 18.1 Å². The van der Waals surface area contributed by atoms with Crippen LogP contribution in [0, 0.1) is 17.1 Å². The highest BCUT2D eigenvalue weighted by Crippen LogP contribution is 2.20. The number of hydrogen-bond donors (Lipinski definition) is 2. The Morgan fingerprint density at radius 2 is 1.88 bits per heavy atom. The number of para-hydroxylation sites is 1. The number of benzene rings is 2. The van der Waals surface area contributed by atoms with E-state index in [-0.39, 0.29) is 16.5 Å². The molecule has 0 aliphatic rings. The van der Waals surface area contributed by atoms with E-state index in [4.69, 9.17) is 16.9 Å². The van der Waals surface area contributed by atoms with Crippen LogP contribution in [-0.2, 0) is 0 Å². The number of halogens is 2. The third-order valence-corrected chi connectivity index (χ3v) is 3.68. The third kappa shape index (κ3) is 3.94. The van der Waals surface area contributed by atoms with E-state index in [0.717, 1.165) is 6.07 Å². The molecule has 0 bridgehead atoms. The lowest BCUT2D eigenvalue weighted by atomic mass is 10.2. The third-order valence-electron chi connectivity index (χ3n) is 3.39. The molecule has 0 spiro atoms. The van der Waals surface area contributed by atoms with Crippen LogP contribution < -0.4 is 10.6 Å². The van der Waals surface area contributed by atoms with Gasteiger partial charge in [0.05, 0.1) is 21.8 Å². The summed E-state index contributed by atoms with van der Waals surface area (Å²) >= 11 is 5.68. The lowest BCUT2D eigenvalue weighted by Crippen LogP contribution is -2.13. The van der Waals surface area contributed by atoms with Gasteiger partial charge >= 0.3 is 0 Å². The summed E-state index contributed by atoms with van der Waals surface area (Å²) < 4.78 is 13.1. The normalized spacial score (nSPS) is 10.0. The maximum atomic E-state index is 13.1. The van der Waals surface area contributed by atoms with E-state index in [0.29, 0.717) is 16.9 Å². The van der Waals surface area contributed by atoms with Gasteiger partial charge in [-0.2, -0.15) is 5.26 Å². The predicted octanol–water partition coefficient (Wildman–Crippen LogP) is 4.14. The predicted molar refractivity (Wildman–Crippen MR) is 95.8 cm³/mol. The highest BCUT2D eigenvalue weighted by Gasteiger charge is 2.10. The highest BCUT2D eigenvalue weighted by molar-refractivity contribution is 6.31. The minimum Gasteiger partial charge on any atom is -0.323 e. The summed E-state index contributed by atoms with van der Waals surface area (Å²) in [5.74, 6) is -0.785. The maximum Gasteiger partial charge on any atom is 0.258 e. The zero-order valence-electron chi connectivity index (χ0n) is 13.2. The van der Waals surface area contributed by atoms with Crippen molar-refractivity contribution in [3.63, 3.8) is 0 Å². The molecular formula is C18H11ClFN5O. The fourth-order valence-electron chi connectivity index (χ4n) is 2.10. The molecule has 3 aromatic rings. The van der Waals surface area contributed by atoms with Crippen molar-refractivity contribution in [2.45, 2.75) is 0 Å². The van der Waals surface area contributed by atoms with Crippen LogP contribution in [0.5, 0.6) is 0 Å². The average Bonchev–Trinajstić information content (AvgIpc) is 2.66.